The van der Waals surface area contributed by atoms with E-state index in [-0.39, 0.29) is 6.09 Å². The number of hydrogen-bond acceptors (Lipinski definition) is 2. The van der Waals surface area contributed by atoms with Crippen LogP contribution in [0.15, 0.2) is 18.2 Å². The predicted molar refractivity (Wildman–Crippen MR) is 83.4 cm³/mol. The van der Waals surface area contributed by atoms with Crippen molar-refractivity contribution in [3.63, 3.8) is 0 Å². The van der Waals surface area contributed by atoms with E-state index < -0.39 is 12.5 Å². The van der Waals surface area contributed by atoms with E-state index in [1.54, 1.807) is 23.1 Å². The molecule has 1 aromatic heterocycles. The number of H-pyrrole nitrogens is 1. The number of amides is 1. The summed E-state index contributed by atoms with van der Waals surface area (Å²) in [6, 6.07) is 5.13. The number of carbonyl (C=O) groups excluding carboxylic acids is 1. The Kier molecular flexibility index (Phi) is 2.45. The van der Waals surface area contributed by atoms with E-state index in [9.17, 15) is 4.79 Å². The molecule has 21 heavy (non-hydrogen) atoms. The van der Waals surface area contributed by atoms with Crippen LogP contribution in [-0.4, -0.2) is 28.1 Å². The summed E-state index contributed by atoms with van der Waals surface area (Å²) in [4.78, 5) is 17.3. The molecule has 112 valence electrons. The van der Waals surface area contributed by atoms with Crippen LogP contribution in [0.5, 0.6) is 0 Å². The molecule has 1 aliphatic rings. The maximum Gasteiger partial charge on any atom is 0.410 e. The Morgan fingerprint density at radius 3 is 2.95 bits per heavy atom. The Bertz CT molecular complexity index is 787. The smallest absolute Gasteiger partial charge is 0.410 e. The summed E-state index contributed by atoms with van der Waals surface area (Å²) in [6.07, 6.45) is 0.362. The molecule has 0 saturated heterocycles. The van der Waals surface area contributed by atoms with Crippen molar-refractivity contribution in [1.82, 2.24) is 9.88 Å². The number of nitrogens with one attached hydrogen (secondary N) is 1. The van der Waals surface area contributed by atoms with Gasteiger partial charge in [-0.2, -0.15) is 0 Å². The zero-order valence-corrected chi connectivity index (χ0v) is 12.6. The minimum atomic E-state index is -2.14. The predicted octanol–water partition coefficient (Wildman–Crippen LogP) is 3.77. The zero-order chi connectivity index (χ0) is 17.7. The fourth-order valence-corrected chi connectivity index (χ4v) is 2.70. The van der Waals surface area contributed by atoms with E-state index in [0.29, 0.717) is 25.1 Å². The van der Waals surface area contributed by atoms with Crippen molar-refractivity contribution in [2.75, 3.05) is 6.54 Å². The number of aryl methyl sites for hydroxylation is 1. The van der Waals surface area contributed by atoms with E-state index in [2.05, 4.69) is 4.98 Å². The van der Waals surface area contributed by atoms with Gasteiger partial charge >= 0.3 is 6.09 Å². The van der Waals surface area contributed by atoms with Crippen LogP contribution >= 0.6 is 0 Å². The summed E-state index contributed by atoms with van der Waals surface area (Å²) >= 11 is 0. The second kappa shape index (κ2) is 4.79. The van der Waals surface area contributed by atoms with E-state index >= 15 is 0 Å². The first-order valence-electron chi connectivity index (χ1n) is 8.66. The van der Waals surface area contributed by atoms with Crippen LogP contribution in [0, 0.1) is 6.85 Å². The third kappa shape index (κ3) is 2.75. The van der Waals surface area contributed by atoms with Crippen molar-refractivity contribution in [3.8, 4) is 0 Å². The average molecular weight is 289 g/mol. The van der Waals surface area contributed by atoms with Crippen LogP contribution in [0.1, 0.15) is 41.7 Å². The number of hydrogen-bond donors (Lipinski definition) is 1. The van der Waals surface area contributed by atoms with Crippen molar-refractivity contribution in [2.45, 2.75) is 46.2 Å². The van der Waals surface area contributed by atoms with Crippen molar-refractivity contribution in [1.29, 1.82) is 0 Å². The number of ether oxygens (including phenoxy) is 1. The maximum atomic E-state index is 12.3. The fourth-order valence-electron chi connectivity index (χ4n) is 2.70. The van der Waals surface area contributed by atoms with Gasteiger partial charge in [-0.3, -0.25) is 0 Å². The highest BCUT2D eigenvalue weighted by Gasteiger charge is 2.27. The average Bonchev–Trinajstić information content (AvgIpc) is 2.81. The van der Waals surface area contributed by atoms with E-state index in [4.69, 9.17) is 8.85 Å². The topological polar surface area (TPSA) is 45.3 Å². The molecule has 0 bridgehead atoms. The Balaban J connectivity index is 1.93. The van der Waals surface area contributed by atoms with Gasteiger partial charge in [0.2, 0.25) is 0 Å². The molecule has 4 heteroatoms. The molecule has 4 nitrogen and oxygen atoms in total. The monoisotopic (exact) mass is 289 g/mol. The van der Waals surface area contributed by atoms with Crippen LogP contribution < -0.4 is 0 Å². The zero-order valence-electron chi connectivity index (χ0n) is 15.6. The summed E-state index contributed by atoms with van der Waals surface area (Å²) in [5.74, 6) is 0. The standard InChI is InChI=1S/C17H22N2O2/c1-11-5-6-14-12(9-11)13-10-19(8-7-15(13)18-14)16(20)21-17(2,3)4/h5-6,9,18H,7-8,10H2,1-4H3/i1D3. The normalized spacial score (nSPS) is 17.9. The molecule has 0 saturated carbocycles. The molecule has 0 radical (unpaired) electrons. The van der Waals surface area contributed by atoms with Gasteiger partial charge in [-0.15, -0.1) is 0 Å². The number of carbonyl (C=O) groups is 1. The maximum absolute atomic E-state index is 12.3. The van der Waals surface area contributed by atoms with Crippen LogP contribution in [0.25, 0.3) is 10.9 Å². The molecular formula is C17H22N2O2. The summed E-state index contributed by atoms with van der Waals surface area (Å²) in [5.41, 5.74) is 2.72. The Morgan fingerprint density at radius 1 is 1.43 bits per heavy atom. The third-order valence-electron chi connectivity index (χ3n) is 3.63. The minimum Gasteiger partial charge on any atom is -0.444 e. The lowest BCUT2D eigenvalue weighted by Crippen LogP contribution is -2.39. The molecule has 0 unspecified atom stereocenters. The molecule has 0 atom stereocenters. The van der Waals surface area contributed by atoms with Gasteiger partial charge in [-0.25, -0.2) is 4.79 Å². The highest BCUT2D eigenvalue weighted by Crippen LogP contribution is 2.29. The molecule has 0 aliphatic carbocycles. The van der Waals surface area contributed by atoms with Crippen LogP contribution in [0.3, 0.4) is 0 Å². The van der Waals surface area contributed by atoms with Gasteiger partial charge in [-0.05, 0) is 39.8 Å². The van der Waals surface area contributed by atoms with E-state index in [1.807, 2.05) is 20.8 Å². The molecule has 2 aromatic rings. The Morgan fingerprint density at radius 2 is 2.24 bits per heavy atom. The number of aromatic nitrogens is 1. The largest absolute Gasteiger partial charge is 0.444 e. The summed E-state index contributed by atoms with van der Waals surface area (Å²) < 4.78 is 28.2. The van der Waals surface area contributed by atoms with Gasteiger partial charge in [0.05, 0.1) is 6.54 Å². The van der Waals surface area contributed by atoms with Crippen LogP contribution in [-0.2, 0) is 17.7 Å². The molecule has 0 fully saturated rings. The first kappa shape index (κ1) is 10.7. The van der Waals surface area contributed by atoms with Gasteiger partial charge < -0.3 is 14.6 Å². The quantitative estimate of drug-likeness (QED) is 0.802. The first-order valence-corrected chi connectivity index (χ1v) is 7.16. The molecule has 1 amide bonds. The van der Waals surface area contributed by atoms with Crippen molar-refractivity contribution >= 4 is 17.0 Å². The Labute approximate surface area is 129 Å². The highest BCUT2D eigenvalue weighted by atomic mass is 16.6. The van der Waals surface area contributed by atoms with Crippen LogP contribution in [0.4, 0.5) is 4.79 Å². The van der Waals surface area contributed by atoms with Gasteiger partial charge in [0.25, 0.3) is 0 Å². The Hall–Kier alpha value is -1.97. The number of rotatable bonds is 0. The summed E-state index contributed by atoms with van der Waals surface area (Å²) in [5, 5.41) is 0.867. The molecule has 1 aromatic carbocycles. The number of aromatic amines is 1. The lowest BCUT2D eigenvalue weighted by molar-refractivity contribution is 0.0224. The van der Waals surface area contributed by atoms with Crippen molar-refractivity contribution in [3.05, 3.63) is 35.0 Å². The summed E-state index contributed by atoms with van der Waals surface area (Å²) in [6.45, 7) is 4.39. The van der Waals surface area contributed by atoms with Crippen molar-refractivity contribution in [2.24, 2.45) is 0 Å². The van der Waals surface area contributed by atoms with Gasteiger partial charge in [0.15, 0.2) is 0 Å². The molecule has 1 N–H and O–H groups in total. The van der Waals surface area contributed by atoms with Crippen LogP contribution in [0.2, 0.25) is 0 Å². The van der Waals surface area contributed by atoms with E-state index in [1.165, 1.54) is 0 Å². The number of fused-ring (bicyclic) bond motifs is 3. The van der Waals surface area contributed by atoms with Crippen molar-refractivity contribution < 1.29 is 13.6 Å². The van der Waals surface area contributed by atoms with Gasteiger partial charge in [0.1, 0.15) is 5.60 Å². The fraction of sp³-hybridized carbons (Fsp3) is 0.471. The molecule has 3 rings (SSSR count). The number of nitrogens with zero attached hydrogens (tertiary/aromatic N) is 1. The van der Waals surface area contributed by atoms with Gasteiger partial charge in [0, 0.05) is 39.2 Å². The number of benzene rings is 1. The molecule has 2 heterocycles. The lowest BCUT2D eigenvalue weighted by Gasteiger charge is -2.30. The molecule has 1 aliphatic heterocycles. The molecule has 0 spiro atoms. The van der Waals surface area contributed by atoms with E-state index in [0.717, 1.165) is 22.2 Å². The second-order valence-electron chi connectivity index (χ2n) is 6.49. The SMILES string of the molecule is [2H]C([2H])([2H])c1ccc2[nH]c3c(c2c1)CN(C(=O)OC(C)(C)C)CC3. The summed E-state index contributed by atoms with van der Waals surface area (Å²) in [7, 11) is 0. The first-order chi connectivity index (χ1) is 11.0. The molecular weight excluding hydrogens is 264 g/mol. The highest BCUT2D eigenvalue weighted by molar-refractivity contribution is 5.86. The lowest BCUT2D eigenvalue weighted by atomic mass is 10.0. The minimum absolute atomic E-state index is 0.311. The third-order valence-corrected chi connectivity index (χ3v) is 3.63. The second-order valence-corrected chi connectivity index (χ2v) is 6.49. The van der Waals surface area contributed by atoms with Gasteiger partial charge in [-0.1, -0.05) is 11.6 Å².